The summed E-state index contributed by atoms with van der Waals surface area (Å²) >= 11 is 0. The minimum Gasteiger partial charge on any atom is -0.478 e. The van der Waals surface area contributed by atoms with Gasteiger partial charge in [0.25, 0.3) is 0 Å². The minimum atomic E-state index is -0.910. The third-order valence-corrected chi connectivity index (χ3v) is 1.90. The quantitative estimate of drug-likeness (QED) is 0.597. The van der Waals surface area contributed by atoms with Crippen molar-refractivity contribution in [3.8, 4) is 0 Å². The number of carbonyl (C=O) groups is 1. The van der Waals surface area contributed by atoms with Gasteiger partial charge >= 0.3 is 5.97 Å². The van der Waals surface area contributed by atoms with Crippen molar-refractivity contribution in [2.24, 2.45) is 5.92 Å². The van der Waals surface area contributed by atoms with Gasteiger partial charge in [-0.2, -0.15) is 0 Å². The van der Waals surface area contributed by atoms with Crippen molar-refractivity contribution in [3.05, 3.63) is 12.3 Å². The van der Waals surface area contributed by atoms with Crippen molar-refractivity contribution >= 4 is 5.97 Å². The Hall–Kier alpha value is -0.990. The first kappa shape index (κ1) is 11.0. The summed E-state index contributed by atoms with van der Waals surface area (Å²) in [5.74, 6) is -0.268. The van der Waals surface area contributed by atoms with E-state index in [9.17, 15) is 4.79 Å². The molecule has 0 spiro atoms. The molecule has 0 saturated carbocycles. The van der Waals surface area contributed by atoms with Crippen molar-refractivity contribution in [1.29, 1.82) is 0 Å². The molecule has 12 heavy (non-hydrogen) atoms. The zero-order chi connectivity index (χ0) is 9.40. The zero-order valence-electron chi connectivity index (χ0n) is 7.71. The number of aliphatic carboxylic acids is 1. The highest BCUT2D eigenvalue weighted by molar-refractivity contribution is 5.79. The zero-order valence-corrected chi connectivity index (χ0v) is 7.71. The van der Waals surface area contributed by atoms with Gasteiger partial charge < -0.3 is 10.4 Å². The van der Waals surface area contributed by atoms with Crippen LogP contribution in [0.4, 0.5) is 0 Å². The van der Waals surface area contributed by atoms with E-state index in [0.717, 1.165) is 25.5 Å². The molecule has 0 aliphatic carbocycles. The molecule has 0 unspecified atom stereocenters. The summed E-state index contributed by atoms with van der Waals surface area (Å²) in [7, 11) is 0. The molecule has 3 nitrogen and oxygen atoms in total. The molecule has 0 amide bonds. The summed E-state index contributed by atoms with van der Waals surface area (Å²) < 4.78 is 0. The maximum atomic E-state index is 10.1. The van der Waals surface area contributed by atoms with Crippen molar-refractivity contribution in [2.75, 3.05) is 6.54 Å². The fraction of sp³-hybridized carbons (Fsp3) is 0.667. The molecule has 0 heterocycles. The Morgan fingerprint density at radius 1 is 1.50 bits per heavy atom. The van der Waals surface area contributed by atoms with E-state index in [0.29, 0.717) is 5.92 Å². The average molecular weight is 171 g/mol. The van der Waals surface area contributed by atoms with Gasteiger partial charge in [-0.05, 0) is 5.92 Å². The van der Waals surface area contributed by atoms with E-state index < -0.39 is 5.97 Å². The number of hydrogen-bond acceptors (Lipinski definition) is 2. The summed E-state index contributed by atoms with van der Waals surface area (Å²) in [6.45, 7) is 5.13. The number of carboxylic acid groups (broad SMARTS) is 1. The van der Waals surface area contributed by atoms with E-state index in [-0.39, 0.29) is 0 Å². The van der Waals surface area contributed by atoms with Crippen LogP contribution in [-0.2, 0) is 4.79 Å². The normalized spacial score (nSPS) is 10.9. The van der Waals surface area contributed by atoms with Crippen LogP contribution in [0.5, 0.6) is 0 Å². The summed E-state index contributed by atoms with van der Waals surface area (Å²) in [5, 5.41) is 11.2. The molecule has 0 aromatic rings. The first-order valence-corrected chi connectivity index (χ1v) is 4.33. The number of nitrogens with one attached hydrogen (secondary N) is 1. The molecular formula is C9H17NO2. The van der Waals surface area contributed by atoms with Crippen LogP contribution < -0.4 is 5.32 Å². The van der Waals surface area contributed by atoms with Gasteiger partial charge in [0.1, 0.15) is 0 Å². The summed E-state index contributed by atoms with van der Waals surface area (Å²) in [4.78, 5) is 10.1. The first-order valence-electron chi connectivity index (χ1n) is 4.33. The Kier molecular flexibility index (Phi) is 6.15. The van der Waals surface area contributed by atoms with Gasteiger partial charge in [-0.15, -0.1) is 0 Å². The molecule has 0 atom stereocenters. The number of carboxylic acids is 1. The van der Waals surface area contributed by atoms with Crippen molar-refractivity contribution < 1.29 is 9.90 Å². The molecule has 0 fully saturated rings. The van der Waals surface area contributed by atoms with Crippen molar-refractivity contribution in [3.63, 3.8) is 0 Å². The van der Waals surface area contributed by atoms with Crippen LogP contribution in [-0.4, -0.2) is 17.6 Å². The highest BCUT2D eigenvalue weighted by Crippen LogP contribution is 2.04. The predicted molar refractivity (Wildman–Crippen MR) is 48.9 cm³/mol. The van der Waals surface area contributed by atoms with E-state index in [4.69, 9.17) is 5.11 Å². The molecule has 0 aliphatic rings. The Morgan fingerprint density at radius 2 is 2.08 bits per heavy atom. The second-order valence-electron chi connectivity index (χ2n) is 2.76. The maximum Gasteiger partial charge on any atom is 0.329 e. The van der Waals surface area contributed by atoms with Crippen LogP contribution >= 0.6 is 0 Å². The van der Waals surface area contributed by atoms with Gasteiger partial charge in [0.05, 0.1) is 0 Å². The SMILES string of the molecule is CCC(CC)CN/C=C/C(=O)O. The smallest absolute Gasteiger partial charge is 0.329 e. The summed E-state index contributed by atoms with van der Waals surface area (Å²) in [6.07, 6.45) is 4.86. The van der Waals surface area contributed by atoms with Crippen LogP contribution in [0, 0.1) is 5.92 Å². The second kappa shape index (κ2) is 6.70. The molecule has 0 aliphatic heterocycles. The second-order valence-corrected chi connectivity index (χ2v) is 2.76. The number of hydrogen-bond donors (Lipinski definition) is 2. The monoisotopic (exact) mass is 171 g/mol. The highest BCUT2D eigenvalue weighted by Gasteiger charge is 1.99. The molecule has 0 bridgehead atoms. The van der Waals surface area contributed by atoms with Crippen molar-refractivity contribution in [1.82, 2.24) is 5.32 Å². The lowest BCUT2D eigenvalue weighted by Gasteiger charge is -2.10. The maximum absolute atomic E-state index is 10.1. The van der Waals surface area contributed by atoms with Crippen LogP contribution in [0.1, 0.15) is 26.7 Å². The first-order chi connectivity index (χ1) is 5.70. The topological polar surface area (TPSA) is 49.3 Å². The molecule has 3 heteroatoms. The van der Waals surface area contributed by atoms with E-state index in [1.807, 2.05) is 0 Å². The average Bonchev–Trinajstić information content (AvgIpc) is 2.04. The van der Waals surface area contributed by atoms with Gasteiger partial charge in [-0.25, -0.2) is 4.79 Å². The lowest BCUT2D eigenvalue weighted by atomic mass is 10.0. The lowest BCUT2D eigenvalue weighted by molar-refractivity contribution is -0.131. The molecule has 2 N–H and O–H groups in total. The van der Waals surface area contributed by atoms with Gasteiger partial charge in [-0.1, -0.05) is 26.7 Å². The van der Waals surface area contributed by atoms with Crippen LogP contribution in [0.2, 0.25) is 0 Å². The molecule has 70 valence electrons. The molecule has 0 aromatic heterocycles. The summed E-state index contributed by atoms with van der Waals surface area (Å²) in [5.41, 5.74) is 0. The van der Waals surface area contributed by atoms with Crippen LogP contribution in [0.25, 0.3) is 0 Å². The summed E-state index contributed by atoms with van der Waals surface area (Å²) in [6, 6.07) is 0. The third-order valence-electron chi connectivity index (χ3n) is 1.90. The van der Waals surface area contributed by atoms with Gasteiger partial charge in [0.2, 0.25) is 0 Å². The fourth-order valence-electron chi connectivity index (χ4n) is 0.942. The van der Waals surface area contributed by atoms with E-state index in [1.54, 1.807) is 0 Å². The Balaban J connectivity index is 3.47. The minimum absolute atomic E-state index is 0.642. The van der Waals surface area contributed by atoms with E-state index >= 15 is 0 Å². The lowest BCUT2D eigenvalue weighted by Crippen LogP contribution is -2.17. The fourth-order valence-corrected chi connectivity index (χ4v) is 0.942. The van der Waals surface area contributed by atoms with Crippen LogP contribution in [0.3, 0.4) is 0 Å². The largest absolute Gasteiger partial charge is 0.478 e. The van der Waals surface area contributed by atoms with Gasteiger partial charge in [-0.3, -0.25) is 0 Å². The standard InChI is InChI=1S/C9H17NO2/c1-3-8(4-2)7-10-6-5-9(11)12/h5-6,8,10H,3-4,7H2,1-2H3,(H,11,12)/b6-5+. The van der Waals surface area contributed by atoms with E-state index in [1.165, 1.54) is 6.20 Å². The van der Waals surface area contributed by atoms with Gasteiger partial charge in [0.15, 0.2) is 0 Å². The number of rotatable bonds is 6. The molecule has 0 saturated heterocycles. The molecule has 0 rings (SSSR count). The predicted octanol–water partition coefficient (Wildman–Crippen LogP) is 1.61. The van der Waals surface area contributed by atoms with Crippen molar-refractivity contribution in [2.45, 2.75) is 26.7 Å². The Morgan fingerprint density at radius 3 is 2.50 bits per heavy atom. The van der Waals surface area contributed by atoms with E-state index in [2.05, 4.69) is 19.2 Å². The molecular weight excluding hydrogens is 154 g/mol. The molecule has 0 aromatic carbocycles. The third kappa shape index (κ3) is 5.77. The highest BCUT2D eigenvalue weighted by atomic mass is 16.4. The molecule has 0 radical (unpaired) electrons. The van der Waals surface area contributed by atoms with Gasteiger partial charge in [0, 0.05) is 18.8 Å². The Labute approximate surface area is 73.5 Å². The Bertz CT molecular complexity index is 151. The van der Waals surface area contributed by atoms with Crippen LogP contribution in [0.15, 0.2) is 12.3 Å².